The first-order valence-corrected chi connectivity index (χ1v) is 9.75. The number of carbonyl (C=O) groups is 1. The number of phenolic OH excluding ortho intramolecular Hbond substituents is 2. The fourth-order valence-electron chi connectivity index (χ4n) is 3.76. The number of aromatic nitrogens is 1. The molecule has 6 nitrogen and oxygen atoms in total. The van der Waals surface area contributed by atoms with Gasteiger partial charge in [-0.3, -0.25) is 4.79 Å². The number of rotatable bonds is 4. The largest absolute Gasteiger partial charge is 0.504 e. The highest BCUT2D eigenvalue weighted by molar-refractivity contribution is 6.03. The number of hydrogen-bond acceptors (Lipinski definition) is 4. The van der Waals surface area contributed by atoms with Crippen molar-refractivity contribution in [2.24, 2.45) is 0 Å². The van der Waals surface area contributed by atoms with Crippen molar-refractivity contribution in [1.29, 1.82) is 0 Å². The summed E-state index contributed by atoms with van der Waals surface area (Å²) < 4.78 is 0. The van der Waals surface area contributed by atoms with E-state index in [2.05, 4.69) is 37.1 Å². The number of aliphatic hydroxyl groups is 1. The van der Waals surface area contributed by atoms with E-state index < -0.39 is 5.41 Å². The van der Waals surface area contributed by atoms with Crippen molar-refractivity contribution in [3.63, 3.8) is 0 Å². The van der Waals surface area contributed by atoms with Gasteiger partial charge in [0, 0.05) is 27.7 Å². The number of phenols is 2. The highest BCUT2D eigenvalue weighted by Crippen LogP contribution is 2.50. The molecule has 1 heterocycles. The number of benzene rings is 2. The van der Waals surface area contributed by atoms with Gasteiger partial charge in [-0.2, -0.15) is 0 Å². The van der Waals surface area contributed by atoms with Gasteiger partial charge in [0.25, 0.3) is 0 Å². The van der Waals surface area contributed by atoms with E-state index in [9.17, 15) is 20.1 Å². The molecule has 152 valence electrons. The molecule has 1 amide bonds. The molecule has 0 aliphatic heterocycles. The third-order valence-corrected chi connectivity index (χ3v) is 5.76. The quantitative estimate of drug-likeness (QED) is 0.431. The van der Waals surface area contributed by atoms with Gasteiger partial charge >= 0.3 is 0 Å². The van der Waals surface area contributed by atoms with E-state index in [1.807, 2.05) is 6.07 Å². The number of anilines is 1. The molecule has 0 atom stereocenters. The van der Waals surface area contributed by atoms with Crippen LogP contribution < -0.4 is 5.32 Å². The number of fused-ring (bicyclic) bond motifs is 1. The first kappa shape index (κ1) is 19.3. The van der Waals surface area contributed by atoms with Crippen LogP contribution in [0.25, 0.3) is 10.9 Å². The number of aromatic hydroxyl groups is 2. The number of aromatic amines is 1. The molecule has 1 aliphatic rings. The zero-order valence-corrected chi connectivity index (χ0v) is 16.8. The fraction of sp³-hybridized carbons (Fsp3) is 0.348. The lowest BCUT2D eigenvalue weighted by atomic mass is 9.92. The first-order valence-electron chi connectivity index (χ1n) is 9.75. The van der Waals surface area contributed by atoms with Crippen LogP contribution >= 0.6 is 0 Å². The van der Waals surface area contributed by atoms with E-state index in [0.29, 0.717) is 24.1 Å². The Bertz CT molecular complexity index is 1100. The standard InChI is InChI=1S/C23H26N2O4/c1-22(2,3)19-10-13-8-16(9-14(12-26)20(13)25-19)24-21(29)23(6-7-23)15-4-5-17(27)18(28)11-15/h4-5,8-11,25-28H,6-7,12H2,1-3H3,(H,24,29). The molecule has 6 heteroatoms. The zero-order valence-electron chi connectivity index (χ0n) is 16.8. The lowest BCUT2D eigenvalue weighted by Crippen LogP contribution is -2.27. The van der Waals surface area contributed by atoms with Crippen LogP contribution in [0.4, 0.5) is 5.69 Å². The molecule has 1 aromatic heterocycles. The van der Waals surface area contributed by atoms with Gasteiger partial charge in [0.15, 0.2) is 11.5 Å². The lowest BCUT2D eigenvalue weighted by molar-refractivity contribution is -0.118. The van der Waals surface area contributed by atoms with Crippen LogP contribution in [0.15, 0.2) is 36.4 Å². The summed E-state index contributed by atoms with van der Waals surface area (Å²) >= 11 is 0. The smallest absolute Gasteiger partial charge is 0.235 e. The van der Waals surface area contributed by atoms with Crippen molar-refractivity contribution < 1.29 is 20.1 Å². The summed E-state index contributed by atoms with van der Waals surface area (Å²) in [5.74, 6) is -0.588. The lowest BCUT2D eigenvalue weighted by Gasteiger charge is -2.17. The minimum atomic E-state index is -0.700. The summed E-state index contributed by atoms with van der Waals surface area (Å²) in [5.41, 5.74) is 3.21. The topological polar surface area (TPSA) is 106 Å². The number of H-pyrrole nitrogens is 1. The minimum absolute atomic E-state index is 0.0614. The molecule has 1 fully saturated rings. The first-order chi connectivity index (χ1) is 13.6. The van der Waals surface area contributed by atoms with Crippen LogP contribution in [0.3, 0.4) is 0 Å². The Morgan fingerprint density at radius 2 is 1.83 bits per heavy atom. The van der Waals surface area contributed by atoms with Gasteiger partial charge in [0.2, 0.25) is 5.91 Å². The molecular weight excluding hydrogens is 368 g/mol. The maximum atomic E-state index is 13.1. The molecule has 2 aromatic carbocycles. The highest BCUT2D eigenvalue weighted by atomic mass is 16.3. The SMILES string of the molecule is CC(C)(C)c1cc2cc(NC(=O)C3(c4ccc(O)c(O)c4)CC3)cc(CO)c2[nH]1. The Hall–Kier alpha value is -2.99. The Labute approximate surface area is 169 Å². The zero-order chi connectivity index (χ0) is 21.0. The van der Waals surface area contributed by atoms with E-state index in [4.69, 9.17) is 0 Å². The van der Waals surface area contributed by atoms with E-state index >= 15 is 0 Å². The van der Waals surface area contributed by atoms with Crippen molar-refractivity contribution in [1.82, 2.24) is 4.98 Å². The Morgan fingerprint density at radius 1 is 1.10 bits per heavy atom. The normalized spacial score (nSPS) is 15.4. The molecule has 5 N–H and O–H groups in total. The van der Waals surface area contributed by atoms with Crippen molar-refractivity contribution in [2.75, 3.05) is 5.32 Å². The van der Waals surface area contributed by atoms with E-state index in [-0.39, 0.29) is 29.4 Å². The van der Waals surface area contributed by atoms with Crippen molar-refractivity contribution >= 4 is 22.5 Å². The van der Waals surface area contributed by atoms with Gasteiger partial charge in [0.1, 0.15) is 0 Å². The number of amides is 1. The average Bonchev–Trinajstić information content (AvgIpc) is 3.35. The summed E-state index contributed by atoms with van der Waals surface area (Å²) in [6, 6.07) is 10.3. The third kappa shape index (κ3) is 3.34. The van der Waals surface area contributed by atoms with E-state index in [1.54, 1.807) is 12.1 Å². The summed E-state index contributed by atoms with van der Waals surface area (Å²) in [6.45, 7) is 6.20. The molecule has 0 unspecified atom stereocenters. The van der Waals surface area contributed by atoms with Crippen LogP contribution in [-0.4, -0.2) is 26.2 Å². The molecular formula is C23H26N2O4. The van der Waals surface area contributed by atoms with Crippen molar-refractivity contribution in [3.05, 3.63) is 53.2 Å². The van der Waals surface area contributed by atoms with Gasteiger partial charge in [-0.1, -0.05) is 26.8 Å². The van der Waals surface area contributed by atoms with Crippen LogP contribution in [0.2, 0.25) is 0 Å². The van der Waals surface area contributed by atoms with Gasteiger partial charge in [-0.05, 0) is 48.7 Å². The monoisotopic (exact) mass is 394 g/mol. The molecule has 4 rings (SSSR count). The fourth-order valence-corrected chi connectivity index (χ4v) is 3.76. The van der Waals surface area contributed by atoms with Gasteiger partial charge in [-0.15, -0.1) is 0 Å². The number of aliphatic hydroxyl groups excluding tert-OH is 1. The van der Waals surface area contributed by atoms with Crippen LogP contribution in [0, 0.1) is 0 Å². The highest BCUT2D eigenvalue weighted by Gasteiger charge is 2.51. The summed E-state index contributed by atoms with van der Waals surface area (Å²) in [6.07, 6.45) is 1.35. The van der Waals surface area contributed by atoms with Gasteiger partial charge in [0.05, 0.1) is 17.5 Å². The molecule has 29 heavy (non-hydrogen) atoms. The maximum Gasteiger partial charge on any atom is 0.235 e. The van der Waals surface area contributed by atoms with Crippen molar-refractivity contribution in [3.8, 4) is 11.5 Å². The van der Waals surface area contributed by atoms with E-state index in [1.165, 1.54) is 12.1 Å². The summed E-state index contributed by atoms with van der Waals surface area (Å²) in [5, 5.41) is 33.1. The second-order valence-corrected chi connectivity index (χ2v) is 8.93. The summed E-state index contributed by atoms with van der Waals surface area (Å²) in [4.78, 5) is 16.5. The second kappa shape index (κ2) is 6.52. The van der Waals surface area contributed by atoms with Crippen LogP contribution in [-0.2, 0) is 22.2 Å². The maximum absolute atomic E-state index is 13.1. The van der Waals surface area contributed by atoms with Gasteiger partial charge < -0.3 is 25.6 Å². The molecule has 0 radical (unpaired) electrons. The van der Waals surface area contributed by atoms with Gasteiger partial charge in [-0.25, -0.2) is 0 Å². The van der Waals surface area contributed by atoms with E-state index in [0.717, 1.165) is 22.2 Å². The molecule has 1 saturated carbocycles. The number of hydrogen-bond donors (Lipinski definition) is 5. The minimum Gasteiger partial charge on any atom is -0.504 e. The van der Waals surface area contributed by atoms with Crippen molar-refractivity contribution in [2.45, 2.75) is 51.0 Å². The Kier molecular flexibility index (Phi) is 4.35. The molecule has 0 spiro atoms. The second-order valence-electron chi connectivity index (χ2n) is 8.93. The Balaban J connectivity index is 1.66. The average molecular weight is 394 g/mol. The summed E-state index contributed by atoms with van der Waals surface area (Å²) in [7, 11) is 0. The molecule has 0 saturated heterocycles. The number of nitrogens with one attached hydrogen (secondary N) is 2. The molecule has 3 aromatic rings. The predicted octanol–water partition coefficient (Wildman–Crippen LogP) is 4.04. The van der Waals surface area contributed by atoms with Crippen LogP contribution in [0.5, 0.6) is 11.5 Å². The predicted molar refractivity (Wildman–Crippen MR) is 112 cm³/mol. The third-order valence-electron chi connectivity index (χ3n) is 5.76. The van der Waals surface area contributed by atoms with Crippen LogP contribution in [0.1, 0.15) is 50.4 Å². The number of carbonyl (C=O) groups excluding carboxylic acids is 1. The molecule has 1 aliphatic carbocycles. The Morgan fingerprint density at radius 3 is 2.41 bits per heavy atom. The molecule has 0 bridgehead atoms.